The number of rotatable bonds is 2. The second-order valence-electron chi connectivity index (χ2n) is 1.67. The molecule has 48 valence electrons. The van der Waals surface area contributed by atoms with Gasteiger partial charge in [-0.1, -0.05) is 6.07 Å². The van der Waals surface area contributed by atoms with E-state index < -0.39 is 0 Å². The van der Waals surface area contributed by atoms with Crippen molar-refractivity contribution in [3.05, 3.63) is 30.1 Å². The number of hydrogen-bond acceptors (Lipinski definition) is 2. The first kappa shape index (κ1) is 6.66. The lowest BCUT2D eigenvalue weighted by Gasteiger charge is -1.94. The maximum atomic E-state index is 4.80. The van der Waals surface area contributed by atoms with E-state index in [2.05, 4.69) is 14.5 Å². The van der Waals surface area contributed by atoms with Gasteiger partial charge in [0.15, 0.2) is 0 Å². The summed E-state index contributed by atoms with van der Waals surface area (Å²) < 4.78 is 4.80. The van der Waals surface area contributed by atoms with Gasteiger partial charge in [-0.05, 0) is 11.6 Å². The summed E-state index contributed by atoms with van der Waals surface area (Å²) in [6.07, 6.45) is 3.52. The molecule has 9 heavy (non-hydrogen) atoms. The minimum atomic E-state index is 0.610. The zero-order chi connectivity index (χ0) is 6.53. The monoisotopic (exact) mass is 141 g/mol. The van der Waals surface area contributed by atoms with Crippen molar-refractivity contribution in [3.8, 4) is 0 Å². The summed E-state index contributed by atoms with van der Waals surface area (Å²) >= 11 is 0. The summed E-state index contributed by atoms with van der Waals surface area (Å²) in [7, 11) is 2.20. The minimum Gasteiger partial charge on any atom is -0.361 e. The van der Waals surface area contributed by atoms with Gasteiger partial charge in [0.25, 0.3) is 0 Å². The van der Waals surface area contributed by atoms with E-state index in [1.54, 1.807) is 12.4 Å². The van der Waals surface area contributed by atoms with Gasteiger partial charge in [-0.2, -0.15) is 0 Å². The highest BCUT2D eigenvalue weighted by atomic mass is 31.0. The summed E-state index contributed by atoms with van der Waals surface area (Å²) in [6, 6.07) is 3.86. The molecule has 2 nitrogen and oxygen atoms in total. The summed E-state index contributed by atoms with van der Waals surface area (Å²) in [5.41, 5.74) is 1.09. The molecule has 0 bridgehead atoms. The molecule has 0 amide bonds. The van der Waals surface area contributed by atoms with Crippen molar-refractivity contribution >= 4 is 9.47 Å². The smallest absolute Gasteiger partial charge is 0.0767 e. The third-order valence-corrected chi connectivity index (χ3v) is 1.14. The topological polar surface area (TPSA) is 22.1 Å². The lowest BCUT2D eigenvalue weighted by Crippen LogP contribution is -1.82. The molecule has 0 N–H and O–H groups in total. The van der Waals surface area contributed by atoms with Crippen LogP contribution in [0.5, 0.6) is 0 Å². The second kappa shape index (κ2) is 3.54. The predicted octanol–water partition coefficient (Wildman–Crippen LogP) is 1.39. The highest BCUT2D eigenvalue weighted by Gasteiger charge is 1.85. The van der Waals surface area contributed by atoms with Crippen LogP contribution < -0.4 is 0 Å². The van der Waals surface area contributed by atoms with Crippen LogP contribution in [0.15, 0.2) is 24.5 Å². The molecule has 0 radical (unpaired) electrons. The van der Waals surface area contributed by atoms with Gasteiger partial charge in [0.05, 0.1) is 6.61 Å². The fraction of sp³-hybridized carbons (Fsp3) is 0.167. The first-order chi connectivity index (χ1) is 4.43. The molecular formula is C6H8NOP. The minimum absolute atomic E-state index is 0.610. The van der Waals surface area contributed by atoms with Gasteiger partial charge in [-0.15, -0.1) is 0 Å². The van der Waals surface area contributed by atoms with Gasteiger partial charge in [-0.3, -0.25) is 4.98 Å². The van der Waals surface area contributed by atoms with E-state index in [1.807, 2.05) is 12.1 Å². The number of pyridine rings is 1. The van der Waals surface area contributed by atoms with Gasteiger partial charge >= 0.3 is 0 Å². The van der Waals surface area contributed by atoms with E-state index in [4.69, 9.17) is 4.52 Å². The molecule has 0 spiro atoms. The van der Waals surface area contributed by atoms with Crippen LogP contribution in [0.2, 0.25) is 0 Å². The Labute approximate surface area is 56.5 Å². The van der Waals surface area contributed by atoms with Crippen molar-refractivity contribution in [1.82, 2.24) is 4.98 Å². The van der Waals surface area contributed by atoms with E-state index >= 15 is 0 Å². The van der Waals surface area contributed by atoms with Crippen LogP contribution in [-0.2, 0) is 11.1 Å². The Morgan fingerprint density at radius 3 is 3.11 bits per heavy atom. The zero-order valence-electron chi connectivity index (χ0n) is 4.95. The molecule has 3 heteroatoms. The molecule has 1 rings (SSSR count). The maximum absolute atomic E-state index is 4.80. The van der Waals surface area contributed by atoms with Crippen molar-refractivity contribution < 1.29 is 4.52 Å². The van der Waals surface area contributed by atoms with E-state index in [1.165, 1.54) is 0 Å². The van der Waals surface area contributed by atoms with Crippen LogP contribution in [-0.4, -0.2) is 4.98 Å². The van der Waals surface area contributed by atoms with Gasteiger partial charge in [-0.25, -0.2) is 0 Å². The van der Waals surface area contributed by atoms with Crippen LogP contribution in [0.4, 0.5) is 0 Å². The summed E-state index contributed by atoms with van der Waals surface area (Å²) in [5, 5.41) is 0. The highest BCUT2D eigenvalue weighted by molar-refractivity contribution is 7.09. The molecule has 1 heterocycles. The molecule has 1 unspecified atom stereocenters. The average molecular weight is 141 g/mol. The van der Waals surface area contributed by atoms with Crippen molar-refractivity contribution in [1.29, 1.82) is 0 Å². The Balaban J connectivity index is 2.61. The molecule has 0 saturated heterocycles. The SMILES string of the molecule is POCc1cccnc1. The third kappa shape index (κ3) is 2.08. The fourth-order valence-electron chi connectivity index (χ4n) is 0.580. The predicted molar refractivity (Wildman–Crippen MR) is 38.7 cm³/mol. The van der Waals surface area contributed by atoms with E-state index in [-0.39, 0.29) is 0 Å². The number of hydrogen-bond donors (Lipinski definition) is 0. The molecule has 0 aliphatic rings. The Kier molecular flexibility index (Phi) is 2.62. The first-order valence-corrected chi connectivity index (χ1v) is 3.11. The molecule has 0 saturated carbocycles. The largest absolute Gasteiger partial charge is 0.361 e. The number of aromatic nitrogens is 1. The standard InChI is InChI=1S/C6H8NOP/c9-8-5-6-2-1-3-7-4-6/h1-4H,5,9H2. The first-order valence-electron chi connectivity index (χ1n) is 2.64. The molecule has 0 aromatic carbocycles. The molecule has 1 atom stereocenters. The molecule has 1 aromatic heterocycles. The Hall–Kier alpha value is -0.460. The van der Waals surface area contributed by atoms with Gasteiger partial charge in [0.1, 0.15) is 0 Å². The van der Waals surface area contributed by atoms with Crippen LogP contribution in [0.1, 0.15) is 5.56 Å². The van der Waals surface area contributed by atoms with Gasteiger partial charge in [0.2, 0.25) is 0 Å². The Morgan fingerprint density at radius 2 is 2.56 bits per heavy atom. The molecule has 0 aliphatic heterocycles. The molecule has 0 aliphatic carbocycles. The normalized spacial score (nSPS) is 9.44. The molecule has 1 aromatic rings. The van der Waals surface area contributed by atoms with Crippen LogP contribution in [0, 0.1) is 0 Å². The summed E-state index contributed by atoms with van der Waals surface area (Å²) in [5.74, 6) is 0. The lowest BCUT2D eigenvalue weighted by molar-refractivity contribution is 0.361. The highest BCUT2D eigenvalue weighted by Crippen LogP contribution is 1.99. The summed E-state index contributed by atoms with van der Waals surface area (Å²) in [6.45, 7) is 0.610. The number of nitrogens with zero attached hydrogens (tertiary/aromatic N) is 1. The van der Waals surface area contributed by atoms with Crippen molar-refractivity contribution in [2.75, 3.05) is 0 Å². The molecule has 0 fully saturated rings. The van der Waals surface area contributed by atoms with Crippen LogP contribution in [0.25, 0.3) is 0 Å². The molecular weight excluding hydrogens is 133 g/mol. The van der Waals surface area contributed by atoms with Gasteiger partial charge < -0.3 is 4.52 Å². The van der Waals surface area contributed by atoms with Crippen molar-refractivity contribution in [3.63, 3.8) is 0 Å². The summed E-state index contributed by atoms with van der Waals surface area (Å²) in [4.78, 5) is 3.91. The lowest BCUT2D eigenvalue weighted by atomic mass is 10.3. The maximum Gasteiger partial charge on any atom is 0.0767 e. The quantitative estimate of drug-likeness (QED) is 0.580. The Bertz CT molecular complexity index is 166. The fourth-order valence-corrected chi connectivity index (χ4v) is 0.772. The van der Waals surface area contributed by atoms with Crippen molar-refractivity contribution in [2.24, 2.45) is 0 Å². The van der Waals surface area contributed by atoms with Crippen LogP contribution in [0.3, 0.4) is 0 Å². The van der Waals surface area contributed by atoms with Gasteiger partial charge in [0, 0.05) is 21.9 Å². The van der Waals surface area contributed by atoms with E-state index in [0.29, 0.717) is 6.61 Å². The van der Waals surface area contributed by atoms with E-state index in [9.17, 15) is 0 Å². The average Bonchev–Trinajstić information content (AvgIpc) is 1.91. The van der Waals surface area contributed by atoms with Crippen molar-refractivity contribution in [2.45, 2.75) is 6.61 Å². The zero-order valence-corrected chi connectivity index (χ0v) is 6.10. The van der Waals surface area contributed by atoms with E-state index in [0.717, 1.165) is 5.56 Å². The second-order valence-corrected chi connectivity index (χ2v) is 2.01. The third-order valence-electron chi connectivity index (χ3n) is 0.973. The Morgan fingerprint density at radius 1 is 1.67 bits per heavy atom. The van der Waals surface area contributed by atoms with Crippen LogP contribution >= 0.6 is 9.47 Å².